The minimum Gasteiger partial charge on any atom is -0.383 e. The second-order valence-electron chi connectivity index (χ2n) is 6.91. The number of methoxy groups -OCH3 is 2. The summed E-state index contributed by atoms with van der Waals surface area (Å²) in [6.07, 6.45) is 3.81. The number of thiophene rings is 1. The Morgan fingerprint density at radius 2 is 2.04 bits per heavy atom. The van der Waals surface area contributed by atoms with Crippen molar-refractivity contribution in [1.29, 1.82) is 0 Å². The minimum absolute atomic E-state index is 0.0896. The molecule has 0 radical (unpaired) electrons. The Balaban J connectivity index is 1.58. The van der Waals surface area contributed by atoms with Crippen LogP contribution >= 0.6 is 22.9 Å². The van der Waals surface area contributed by atoms with Crippen LogP contribution in [0.25, 0.3) is 5.03 Å². The van der Waals surface area contributed by atoms with E-state index in [1.165, 1.54) is 15.7 Å². The van der Waals surface area contributed by atoms with Crippen molar-refractivity contribution in [2.24, 2.45) is 4.99 Å². The van der Waals surface area contributed by atoms with Crippen LogP contribution in [-0.2, 0) is 27.1 Å². The maximum absolute atomic E-state index is 12.6. The number of amides is 1. The van der Waals surface area contributed by atoms with E-state index in [9.17, 15) is 4.79 Å². The molecule has 0 bridgehead atoms. The van der Waals surface area contributed by atoms with Gasteiger partial charge < -0.3 is 19.7 Å². The normalized spacial score (nSPS) is 18.6. The molecule has 6 nitrogen and oxygen atoms in total. The second kappa shape index (κ2) is 9.98. The van der Waals surface area contributed by atoms with Gasteiger partial charge in [0.1, 0.15) is 4.67 Å². The van der Waals surface area contributed by atoms with E-state index in [2.05, 4.69) is 10.3 Å². The van der Waals surface area contributed by atoms with Gasteiger partial charge in [-0.2, -0.15) is 0 Å². The Bertz CT molecular complexity index is 772. The molecule has 1 aromatic heterocycles. The maximum Gasteiger partial charge on any atom is 0.236 e. The molecule has 150 valence electrons. The lowest BCUT2D eigenvalue weighted by Crippen LogP contribution is -2.45. The minimum atomic E-state index is 0.0896. The van der Waals surface area contributed by atoms with Crippen LogP contribution in [0.2, 0.25) is 0 Å². The monoisotopic (exact) mass is 413 g/mol. The summed E-state index contributed by atoms with van der Waals surface area (Å²) in [5.41, 5.74) is 1.38. The molecular formula is C19H28ClN3O3S. The lowest BCUT2D eigenvalue weighted by Gasteiger charge is -2.26. The Labute approximate surface area is 169 Å². The first-order valence-electron chi connectivity index (χ1n) is 9.46. The van der Waals surface area contributed by atoms with Gasteiger partial charge in [0, 0.05) is 61.4 Å². The van der Waals surface area contributed by atoms with Gasteiger partial charge in [0.05, 0.1) is 19.8 Å². The highest BCUT2D eigenvalue weighted by Gasteiger charge is 2.24. The van der Waals surface area contributed by atoms with Crippen LogP contribution in [-0.4, -0.2) is 70.5 Å². The third-order valence-corrected chi connectivity index (χ3v) is 6.69. The summed E-state index contributed by atoms with van der Waals surface area (Å²) in [5.74, 6) is 0.0896. The summed E-state index contributed by atoms with van der Waals surface area (Å²) in [6, 6.07) is 0.312. The van der Waals surface area contributed by atoms with E-state index >= 15 is 0 Å². The topological polar surface area (TPSA) is 63.2 Å². The molecule has 1 amide bonds. The summed E-state index contributed by atoms with van der Waals surface area (Å²) >= 11 is 8.23. The Kier molecular flexibility index (Phi) is 7.66. The number of hydrogen-bond acceptors (Lipinski definition) is 6. The molecule has 0 saturated heterocycles. The molecule has 0 saturated carbocycles. The zero-order chi connectivity index (χ0) is 19.2. The van der Waals surface area contributed by atoms with Crippen molar-refractivity contribution >= 4 is 33.9 Å². The van der Waals surface area contributed by atoms with Crippen molar-refractivity contribution in [3.8, 4) is 0 Å². The largest absolute Gasteiger partial charge is 0.383 e. The first kappa shape index (κ1) is 20.7. The molecular weight excluding hydrogens is 386 g/mol. The number of rotatable bonds is 9. The molecule has 2 aliphatic rings. The molecule has 1 N–H and O–H groups in total. The molecule has 3 rings (SSSR count). The molecule has 1 atom stereocenters. The number of nitrogens with zero attached hydrogens (tertiary/aromatic N) is 2. The van der Waals surface area contributed by atoms with Gasteiger partial charge in [0.25, 0.3) is 0 Å². The SMILES string of the molecule is COCCN(CCOC)C(=O)CNC1CCc2c(sc3c2=C(Cl)CCN=3)C1. The first-order valence-corrected chi connectivity index (χ1v) is 10.7. The van der Waals surface area contributed by atoms with Gasteiger partial charge in [-0.1, -0.05) is 11.6 Å². The van der Waals surface area contributed by atoms with Crippen LogP contribution in [0.1, 0.15) is 23.3 Å². The fourth-order valence-electron chi connectivity index (χ4n) is 3.63. The summed E-state index contributed by atoms with van der Waals surface area (Å²) in [6.45, 7) is 3.37. The lowest BCUT2D eigenvalue weighted by molar-refractivity contribution is -0.131. The summed E-state index contributed by atoms with van der Waals surface area (Å²) < 4.78 is 11.3. The zero-order valence-electron chi connectivity index (χ0n) is 16.1. The first-order chi connectivity index (χ1) is 13.1. The van der Waals surface area contributed by atoms with Gasteiger partial charge in [0.15, 0.2) is 0 Å². The molecule has 2 heterocycles. The van der Waals surface area contributed by atoms with Crippen LogP contribution < -0.4 is 15.2 Å². The van der Waals surface area contributed by atoms with E-state index in [1.54, 1.807) is 30.5 Å². The quantitative estimate of drug-likeness (QED) is 0.647. The number of halogens is 1. The van der Waals surface area contributed by atoms with Gasteiger partial charge in [-0.25, -0.2) is 0 Å². The predicted octanol–water partition coefficient (Wildman–Crippen LogP) is 0.687. The van der Waals surface area contributed by atoms with E-state index in [4.69, 9.17) is 21.1 Å². The van der Waals surface area contributed by atoms with Crippen molar-refractivity contribution in [3.63, 3.8) is 0 Å². The predicted molar refractivity (Wildman–Crippen MR) is 108 cm³/mol. The number of carbonyl (C=O) groups excluding carboxylic acids is 1. The molecule has 1 aliphatic carbocycles. The highest BCUT2D eigenvalue weighted by Crippen LogP contribution is 2.23. The van der Waals surface area contributed by atoms with Crippen molar-refractivity contribution in [3.05, 3.63) is 20.3 Å². The van der Waals surface area contributed by atoms with Crippen molar-refractivity contribution in [2.75, 3.05) is 53.6 Å². The van der Waals surface area contributed by atoms with Crippen LogP contribution in [0, 0.1) is 0 Å². The number of ether oxygens (including phenoxy) is 2. The lowest BCUT2D eigenvalue weighted by atomic mass is 9.93. The molecule has 1 aromatic rings. The Morgan fingerprint density at radius 1 is 1.30 bits per heavy atom. The second-order valence-corrected chi connectivity index (χ2v) is 8.45. The number of nitrogens with one attached hydrogen (secondary N) is 1. The van der Waals surface area contributed by atoms with Crippen molar-refractivity contribution in [2.45, 2.75) is 31.7 Å². The Morgan fingerprint density at radius 3 is 2.74 bits per heavy atom. The van der Waals surface area contributed by atoms with Gasteiger partial charge >= 0.3 is 0 Å². The van der Waals surface area contributed by atoms with E-state index in [1.807, 2.05) is 0 Å². The van der Waals surface area contributed by atoms with Crippen LogP contribution in [0.5, 0.6) is 0 Å². The number of carbonyl (C=O) groups is 1. The number of fused-ring (bicyclic) bond motifs is 3. The van der Waals surface area contributed by atoms with Gasteiger partial charge in [-0.05, 0) is 24.8 Å². The summed E-state index contributed by atoms with van der Waals surface area (Å²) in [7, 11) is 3.29. The van der Waals surface area contributed by atoms with Gasteiger partial charge in [-0.3, -0.25) is 9.79 Å². The van der Waals surface area contributed by atoms with Crippen molar-refractivity contribution < 1.29 is 14.3 Å². The Hall–Kier alpha value is -0.990. The molecule has 0 fully saturated rings. The summed E-state index contributed by atoms with van der Waals surface area (Å²) in [4.78, 5) is 20.4. The fourth-order valence-corrected chi connectivity index (χ4v) is 5.32. The van der Waals surface area contributed by atoms with E-state index in [0.717, 1.165) is 41.9 Å². The highest BCUT2D eigenvalue weighted by atomic mass is 35.5. The standard InChI is InChI=1S/C19H28ClN3O3S/c1-25-9-7-23(8-10-26-2)17(24)12-22-13-3-4-14-16(11-13)27-19-18(14)15(20)5-6-21-19/h13,22H,3-12H2,1-2H3. The van der Waals surface area contributed by atoms with E-state index in [-0.39, 0.29) is 5.91 Å². The van der Waals surface area contributed by atoms with Crippen molar-refractivity contribution in [1.82, 2.24) is 10.2 Å². The van der Waals surface area contributed by atoms with Crippen LogP contribution in [0.4, 0.5) is 0 Å². The van der Waals surface area contributed by atoms with Gasteiger partial charge in [0.2, 0.25) is 5.91 Å². The van der Waals surface area contributed by atoms with Crippen LogP contribution in [0.15, 0.2) is 4.99 Å². The van der Waals surface area contributed by atoms with E-state index < -0.39 is 0 Å². The fraction of sp³-hybridized carbons (Fsp3) is 0.684. The van der Waals surface area contributed by atoms with E-state index in [0.29, 0.717) is 38.9 Å². The highest BCUT2D eigenvalue weighted by molar-refractivity contribution is 7.09. The molecule has 8 heteroatoms. The van der Waals surface area contributed by atoms with Gasteiger partial charge in [-0.15, -0.1) is 11.3 Å². The van der Waals surface area contributed by atoms with Crippen LogP contribution in [0.3, 0.4) is 0 Å². The molecule has 27 heavy (non-hydrogen) atoms. The molecule has 0 aromatic carbocycles. The number of hydrogen-bond donors (Lipinski definition) is 1. The average Bonchev–Trinajstić information content (AvgIpc) is 3.05. The zero-order valence-corrected chi connectivity index (χ0v) is 17.6. The molecule has 1 aliphatic heterocycles. The third-order valence-electron chi connectivity index (χ3n) is 5.13. The molecule has 0 spiro atoms. The summed E-state index contributed by atoms with van der Waals surface area (Å²) in [5, 5.41) is 5.61. The average molecular weight is 414 g/mol. The molecule has 1 unspecified atom stereocenters. The maximum atomic E-state index is 12.6. The smallest absolute Gasteiger partial charge is 0.236 e. The third kappa shape index (κ3) is 5.09.